The Hall–Kier alpha value is 0.0300. The Morgan fingerprint density at radius 2 is 0.755 bits per heavy atom. The van der Waals surface area contributed by atoms with E-state index in [1.807, 2.05) is 11.8 Å². The van der Waals surface area contributed by atoms with Gasteiger partial charge in [0.1, 0.15) is 6.04 Å². The number of hydrogen-bond donors (Lipinski definition) is 2. The first-order chi connectivity index (χ1) is 24.2. The topological polar surface area (TPSA) is 72.5 Å². The Bertz CT molecular complexity index is 626. The van der Waals surface area contributed by atoms with Crippen LogP contribution in [0, 0.1) is 0 Å². The van der Waals surface area contributed by atoms with E-state index in [1.54, 1.807) is 0 Å². The third-order valence-corrected chi connectivity index (χ3v) is 11.5. The van der Waals surface area contributed by atoms with Crippen LogP contribution in [0.15, 0.2) is 0 Å². The molecule has 0 aliphatic heterocycles. The van der Waals surface area contributed by atoms with Gasteiger partial charge in [-0.1, -0.05) is 205 Å². The molecule has 0 unspecified atom stereocenters. The second-order valence-corrected chi connectivity index (χ2v) is 16.5. The number of esters is 1. The highest BCUT2D eigenvalue weighted by Gasteiger charge is 2.14. The molecule has 49 heavy (non-hydrogen) atoms. The van der Waals surface area contributed by atoms with Gasteiger partial charge in [0.15, 0.2) is 0 Å². The molecule has 294 valence electrons. The molecule has 0 aromatic rings. The van der Waals surface area contributed by atoms with Crippen LogP contribution < -0.4 is 5.73 Å². The van der Waals surface area contributed by atoms with Gasteiger partial charge in [-0.3, -0.25) is 4.79 Å². The maximum atomic E-state index is 12.2. The van der Waals surface area contributed by atoms with Crippen molar-refractivity contribution in [2.45, 2.75) is 237 Å². The van der Waals surface area contributed by atoms with E-state index in [4.69, 9.17) is 27.2 Å². The highest BCUT2D eigenvalue weighted by atomic mass is 35.5. The van der Waals surface area contributed by atoms with Gasteiger partial charge in [-0.05, 0) is 31.4 Å². The van der Waals surface area contributed by atoms with Gasteiger partial charge < -0.3 is 15.6 Å². The van der Waals surface area contributed by atoms with Gasteiger partial charge in [0.2, 0.25) is 0 Å². The Morgan fingerprint density at radius 3 is 1.08 bits per heavy atom. The predicted molar refractivity (Wildman–Crippen MR) is 220 cm³/mol. The van der Waals surface area contributed by atoms with E-state index in [-0.39, 0.29) is 5.97 Å². The quantitative estimate of drug-likeness (QED) is 0.0371. The number of thioether (sulfide) groups is 1. The molecule has 0 aliphatic rings. The molecule has 0 radical (unpaired) electrons. The van der Waals surface area contributed by atoms with E-state index < -0.39 is 6.04 Å². The van der Waals surface area contributed by atoms with Gasteiger partial charge in [0.05, 0.1) is 6.61 Å². The minimum Gasteiger partial charge on any atom is -0.465 e. The second-order valence-electron chi connectivity index (χ2n) is 15.0. The Kier molecular flexibility index (Phi) is 44.2. The fourth-order valence-corrected chi connectivity index (χ4v) is 7.88. The predicted octanol–water partition coefficient (Wildman–Crippen LogP) is 13.9. The highest BCUT2D eigenvalue weighted by molar-refractivity contribution is 7.99. The van der Waals surface area contributed by atoms with Gasteiger partial charge >= 0.3 is 5.97 Å². The summed E-state index contributed by atoms with van der Waals surface area (Å²) in [4.78, 5) is 12.2. The molecular weight excluding hydrogens is 646 g/mol. The average molecular weight is 733 g/mol. The third kappa shape index (κ3) is 42.3. The Balaban J connectivity index is 3.24. The fraction of sp³-hybridized carbons (Fsp3) is 0.977. The molecule has 0 aromatic heterocycles. The first kappa shape index (κ1) is 49.0. The van der Waals surface area contributed by atoms with Crippen LogP contribution in [0.4, 0.5) is 0 Å². The van der Waals surface area contributed by atoms with E-state index in [2.05, 4.69) is 0 Å². The minimum absolute atomic E-state index is 0.216. The summed E-state index contributed by atoms with van der Waals surface area (Å²) in [6.45, 7) is 0.883. The molecule has 0 heterocycles. The smallest absolute Gasteiger partial charge is 0.323 e. The molecular formula is C43H86ClNO3S. The Morgan fingerprint density at radius 1 is 0.469 bits per heavy atom. The van der Waals surface area contributed by atoms with Crippen molar-refractivity contribution in [3.05, 3.63) is 0 Å². The lowest BCUT2D eigenvalue weighted by Crippen LogP contribution is -2.34. The molecule has 0 fully saturated rings. The average Bonchev–Trinajstić information content (AvgIpc) is 3.11. The van der Waals surface area contributed by atoms with Crippen molar-refractivity contribution in [2.75, 3.05) is 30.6 Å². The van der Waals surface area contributed by atoms with Crippen LogP contribution in [0.1, 0.15) is 231 Å². The van der Waals surface area contributed by atoms with Crippen LogP contribution in [0.5, 0.6) is 0 Å². The summed E-state index contributed by atoms with van der Waals surface area (Å²) in [5.74, 6) is 2.39. The van der Waals surface area contributed by atoms with Crippen molar-refractivity contribution in [1.82, 2.24) is 0 Å². The summed E-state index contributed by atoms with van der Waals surface area (Å²) in [5, 5.41) is 8.80. The SMILES string of the molecule is N[C@@H](CSCCCCCCCCCCCCCCCCCCCCO)C(=O)OCCCCCCCCCCCCCCCCCCCCCl. The van der Waals surface area contributed by atoms with Crippen LogP contribution >= 0.6 is 23.4 Å². The van der Waals surface area contributed by atoms with Crippen molar-refractivity contribution in [3.8, 4) is 0 Å². The molecule has 0 aliphatic carbocycles. The molecule has 0 spiro atoms. The van der Waals surface area contributed by atoms with Gasteiger partial charge in [-0.15, -0.1) is 11.6 Å². The van der Waals surface area contributed by atoms with Gasteiger partial charge in [0.25, 0.3) is 0 Å². The first-order valence-electron chi connectivity index (χ1n) is 21.9. The first-order valence-corrected chi connectivity index (χ1v) is 23.6. The molecule has 1 atom stereocenters. The lowest BCUT2D eigenvalue weighted by atomic mass is 10.0. The number of nitrogens with two attached hydrogens (primary N) is 1. The van der Waals surface area contributed by atoms with Crippen LogP contribution in [-0.4, -0.2) is 47.7 Å². The molecule has 4 nitrogen and oxygen atoms in total. The molecule has 6 heteroatoms. The third-order valence-electron chi connectivity index (χ3n) is 10.1. The van der Waals surface area contributed by atoms with Crippen LogP contribution in [0.2, 0.25) is 0 Å². The number of alkyl halides is 1. The summed E-state index contributed by atoms with van der Waals surface area (Å²) < 4.78 is 5.45. The summed E-state index contributed by atoms with van der Waals surface area (Å²) in [6.07, 6.45) is 48.1. The number of carbonyl (C=O) groups excluding carboxylic acids is 1. The fourth-order valence-electron chi connectivity index (χ4n) is 6.73. The number of ether oxygens (including phenoxy) is 1. The number of carbonyl (C=O) groups is 1. The van der Waals surface area contributed by atoms with Gasteiger partial charge in [0, 0.05) is 18.2 Å². The van der Waals surface area contributed by atoms with Crippen molar-refractivity contribution >= 4 is 29.3 Å². The number of hydrogen-bond acceptors (Lipinski definition) is 5. The standard InChI is InChI=1S/C43H86ClNO3S/c44-37-33-29-25-21-17-13-9-5-1-3-7-11-15-19-23-27-31-35-39-48-43(47)42(45)41-49-40-36-32-28-24-20-16-12-8-4-2-6-10-14-18-22-26-30-34-38-46/h42,46H,1-41,45H2/t42-/m0/s1. The lowest BCUT2D eigenvalue weighted by molar-refractivity contribution is -0.144. The van der Waals surface area contributed by atoms with Gasteiger partial charge in [-0.25, -0.2) is 0 Å². The Labute approximate surface area is 316 Å². The van der Waals surface area contributed by atoms with Crippen molar-refractivity contribution in [3.63, 3.8) is 0 Å². The zero-order valence-electron chi connectivity index (χ0n) is 32.7. The summed E-state index contributed by atoms with van der Waals surface area (Å²) in [6, 6.07) is -0.478. The van der Waals surface area contributed by atoms with Crippen molar-refractivity contribution in [1.29, 1.82) is 0 Å². The van der Waals surface area contributed by atoms with Crippen LogP contribution in [0.3, 0.4) is 0 Å². The van der Waals surface area contributed by atoms with Crippen LogP contribution in [0.25, 0.3) is 0 Å². The largest absolute Gasteiger partial charge is 0.465 e. The van der Waals surface area contributed by atoms with E-state index in [9.17, 15) is 4.79 Å². The summed E-state index contributed by atoms with van der Waals surface area (Å²) >= 11 is 7.54. The van der Waals surface area contributed by atoms with Crippen molar-refractivity contribution < 1.29 is 14.6 Å². The molecule has 0 saturated carbocycles. The number of rotatable bonds is 43. The number of halogens is 1. The maximum Gasteiger partial charge on any atom is 0.323 e. The summed E-state index contributed by atoms with van der Waals surface area (Å²) in [5.41, 5.74) is 6.08. The zero-order chi connectivity index (χ0) is 35.6. The molecule has 0 rings (SSSR count). The van der Waals surface area contributed by atoms with E-state index >= 15 is 0 Å². The number of unbranched alkanes of at least 4 members (excludes halogenated alkanes) is 34. The monoisotopic (exact) mass is 732 g/mol. The minimum atomic E-state index is -0.478. The summed E-state index contributed by atoms with van der Waals surface area (Å²) in [7, 11) is 0. The lowest BCUT2D eigenvalue weighted by Gasteiger charge is -2.11. The van der Waals surface area contributed by atoms with Crippen LogP contribution in [-0.2, 0) is 9.53 Å². The number of aliphatic hydroxyl groups is 1. The van der Waals surface area contributed by atoms with Crippen molar-refractivity contribution in [2.24, 2.45) is 5.73 Å². The van der Waals surface area contributed by atoms with E-state index in [1.165, 1.54) is 212 Å². The molecule has 0 saturated heterocycles. The number of aliphatic hydroxyl groups excluding tert-OH is 1. The zero-order valence-corrected chi connectivity index (χ0v) is 34.3. The second kappa shape index (κ2) is 44.2. The molecule has 0 aromatic carbocycles. The molecule has 0 amide bonds. The normalized spacial score (nSPS) is 12.1. The molecule has 0 bridgehead atoms. The van der Waals surface area contributed by atoms with Gasteiger partial charge in [-0.2, -0.15) is 11.8 Å². The van der Waals surface area contributed by atoms with E-state index in [0.29, 0.717) is 19.0 Å². The molecule has 3 N–H and O–H groups in total. The van der Waals surface area contributed by atoms with E-state index in [0.717, 1.165) is 30.9 Å². The highest BCUT2D eigenvalue weighted by Crippen LogP contribution is 2.17. The maximum absolute atomic E-state index is 12.2.